The van der Waals surface area contributed by atoms with E-state index in [0.29, 0.717) is 12.8 Å². The maximum Gasteiger partial charge on any atom is 0.158 e. The maximum atomic E-state index is 12.1. The van der Waals surface area contributed by atoms with E-state index in [0.717, 1.165) is 46.3 Å². The summed E-state index contributed by atoms with van der Waals surface area (Å²) >= 11 is 0. The van der Waals surface area contributed by atoms with Crippen LogP contribution in [-0.4, -0.2) is 11.6 Å². The molecule has 0 saturated carbocycles. The highest BCUT2D eigenvalue weighted by Gasteiger charge is 2.31. The van der Waals surface area contributed by atoms with Crippen LogP contribution in [0.5, 0.6) is 0 Å². The van der Waals surface area contributed by atoms with Crippen molar-refractivity contribution in [1.29, 1.82) is 0 Å². The predicted octanol–water partition coefficient (Wildman–Crippen LogP) is 8.52. The molecule has 0 N–H and O–H groups in total. The van der Waals surface area contributed by atoms with Gasteiger partial charge in [0.1, 0.15) is 0 Å². The Balaban J connectivity index is 1.98. The van der Waals surface area contributed by atoms with Crippen molar-refractivity contribution in [1.82, 2.24) is 0 Å². The van der Waals surface area contributed by atoms with Gasteiger partial charge in [0.05, 0.1) is 0 Å². The van der Waals surface area contributed by atoms with E-state index >= 15 is 0 Å². The van der Waals surface area contributed by atoms with Crippen LogP contribution < -0.4 is 0 Å². The molecule has 2 nitrogen and oxygen atoms in total. The first-order valence-electron chi connectivity index (χ1n) is 12.4. The minimum absolute atomic E-state index is 0.0451. The molecular weight excluding hydrogens is 416 g/mol. The molecule has 2 aliphatic carbocycles. The lowest BCUT2D eigenvalue weighted by atomic mass is 9.72. The van der Waals surface area contributed by atoms with Gasteiger partial charge in [0.15, 0.2) is 11.6 Å². The Morgan fingerprint density at radius 2 is 1.00 bits per heavy atom. The van der Waals surface area contributed by atoms with Crippen LogP contribution in [-0.2, 0) is 9.59 Å². The first-order valence-corrected chi connectivity index (χ1v) is 12.4. The summed E-state index contributed by atoms with van der Waals surface area (Å²) in [7, 11) is 0. The lowest BCUT2D eigenvalue weighted by molar-refractivity contribution is -0.117. The largest absolute Gasteiger partial charge is 0.295 e. The summed E-state index contributed by atoms with van der Waals surface area (Å²) in [6.45, 7) is 16.9. The normalized spacial score (nSPS) is 22.5. The Morgan fingerprint density at radius 3 is 1.35 bits per heavy atom. The van der Waals surface area contributed by atoms with Gasteiger partial charge in [-0.15, -0.1) is 0 Å². The Kier molecular flexibility index (Phi) is 9.38. The van der Waals surface area contributed by atoms with E-state index in [9.17, 15) is 9.59 Å². The van der Waals surface area contributed by atoms with Crippen LogP contribution in [0.4, 0.5) is 0 Å². The van der Waals surface area contributed by atoms with Gasteiger partial charge in [-0.3, -0.25) is 9.59 Å². The van der Waals surface area contributed by atoms with E-state index in [-0.39, 0.29) is 22.4 Å². The van der Waals surface area contributed by atoms with Crippen molar-refractivity contribution in [3.63, 3.8) is 0 Å². The van der Waals surface area contributed by atoms with Gasteiger partial charge in [-0.2, -0.15) is 0 Å². The fraction of sp³-hybridized carbons (Fsp3) is 0.438. The van der Waals surface area contributed by atoms with Crippen LogP contribution in [0.1, 0.15) is 81.1 Å². The van der Waals surface area contributed by atoms with Gasteiger partial charge in [-0.25, -0.2) is 0 Å². The molecule has 0 heterocycles. The van der Waals surface area contributed by atoms with E-state index in [1.165, 1.54) is 0 Å². The Morgan fingerprint density at radius 1 is 0.647 bits per heavy atom. The molecule has 0 unspecified atom stereocenters. The SMILES string of the molecule is CC(C=CC1=C(C)C(=O)CCC1(C)C)=CC=CC=CC=C(C)C=CC1=C(C)C(=O)CCC1(C)C. The molecule has 0 radical (unpaired) electrons. The summed E-state index contributed by atoms with van der Waals surface area (Å²) in [6, 6.07) is 0. The quantitative estimate of drug-likeness (QED) is 0.358. The first kappa shape index (κ1) is 27.5. The van der Waals surface area contributed by atoms with E-state index in [1.54, 1.807) is 0 Å². The standard InChI is InChI=1S/C32H42O2/c1-23(15-17-27-25(3)29(33)19-21-31(27,5)6)13-11-9-10-12-14-24(2)16-18-28-26(4)30(34)20-22-32(28,7)8/h9-18H,19-22H2,1-8H3. The number of hydrogen-bond acceptors (Lipinski definition) is 2. The van der Waals surface area contributed by atoms with Crippen LogP contribution in [0.25, 0.3) is 0 Å². The molecule has 0 atom stereocenters. The average Bonchev–Trinajstić information content (AvgIpc) is 2.76. The van der Waals surface area contributed by atoms with Crippen molar-refractivity contribution in [3.8, 4) is 0 Å². The molecule has 34 heavy (non-hydrogen) atoms. The van der Waals surface area contributed by atoms with Crippen molar-refractivity contribution in [2.45, 2.75) is 81.1 Å². The van der Waals surface area contributed by atoms with Gasteiger partial charge in [0.2, 0.25) is 0 Å². The molecular formula is C32H42O2. The molecule has 0 amide bonds. The minimum atomic E-state index is 0.0451. The zero-order valence-corrected chi connectivity index (χ0v) is 22.4. The van der Waals surface area contributed by atoms with Gasteiger partial charge in [-0.1, -0.05) is 99.6 Å². The van der Waals surface area contributed by atoms with Crippen molar-refractivity contribution in [3.05, 3.63) is 94.2 Å². The van der Waals surface area contributed by atoms with Crippen LogP contribution >= 0.6 is 0 Å². The predicted molar refractivity (Wildman–Crippen MR) is 146 cm³/mol. The third-order valence-electron chi connectivity index (χ3n) is 7.13. The molecule has 0 aliphatic heterocycles. The maximum absolute atomic E-state index is 12.1. The fourth-order valence-corrected chi connectivity index (χ4v) is 4.60. The van der Waals surface area contributed by atoms with Gasteiger partial charge in [-0.05, 0) is 73.7 Å². The van der Waals surface area contributed by atoms with E-state index in [1.807, 2.05) is 38.2 Å². The molecule has 0 bridgehead atoms. The molecule has 182 valence electrons. The fourth-order valence-electron chi connectivity index (χ4n) is 4.60. The van der Waals surface area contributed by atoms with Crippen molar-refractivity contribution < 1.29 is 9.59 Å². The lowest BCUT2D eigenvalue weighted by Gasteiger charge is -2.32. The highest BCUT2D eigenvalue weighted by atomic mass is 16.1. The summed E-state index contributed by atoms with van der Waals surface area (Å²) in [5.74, 6) is 0.540. The third-order valence-corrected chi connectivity index (χ3v) is 7.13. The topological polar surface area (TPSA) is 34.1 Å². The molecule has 0 aromatic rings. The van der Waals surface area contributed by atoms with Crippen LogP contribution in [0.2, 0.25) is 0 Å². The molecule has 0 aromatic carbocycles. The first-order chi connectivity index (χ1) is 15.8. The van der Waals surface area contributed by atoms with Crippen LogP contribution in [0.3, 0.4) is 0 Å². The zero-order valence-electron chi connectivity index (χ0n) is 22.4. The Bertz CT molecular complexity index is 970. The van der Waals surface area contributed by atoms with Crippen LogP contribution in [0.15, 0.2) is 94.2 Å². The van der Waals surface area contributed by atoms with Crippen molar-refractivity contribution >= 4 is 11.6 Å². The highest BCUT2D eigenvalue weighted by Crippen LogP contribution is 2.40. The van der Waals surface area contributed by atoms with Gasteiger partial charge >= 0.3 is 0 Å². The molecule has 2 aliphatic rings. The second kappa shape index (κ2) is 11.6. The molecule has 0 fully saturated rings. The lowest BCUT2D eigenvalue weighted by Crippen LogP contribution is -2.24. The Labute approximate surface area is 207 Å². The van der Waals surface area contributed by atoms with Crippen LogP contribution in [0, 0.1) is 10.8 Å². The number of ketones is 2. The molecule has 0 saturated heterocycles. The van der Waals surface area contributed by atoms with Gasteiger partial charge < -0.3 is 0 Å². The number of allylic oxidation sites excluding steroid dienone is 16. The number of carbonyl (C=O) groups is 2. The summed E-state index contributed by atoms with van der Waals surface area (Å²) in [6.07, 6.45) is 23.7. The molecule has 2 heteroatoms. The van der Waals surface area contributed by atoms with Gasteiger partial charge in [0.25, 0.3) is 0 Å². The van der Waals surface area contributed by atoms with Crippen molar-refractivity contribution in [2.75, 3.05) is 0 Å². The summed E-state index contributed by atoms with van der Waals surface area (Å²) in [4.78, 5) is 24.2. The minimum Gasteiger partial charge on any atom is -0.295 e. The van der Waals surface area contributed by atoms with E-state index < -0.39 is 0 Å². The number of rotatable bonds is 7. The number of carbonyl (C=O) groups excluding carboxylic acids is 2. The summed E-state index contributed by atoms with van der Waals surface area (Å²) in [5, 5.41) is 0. The second-order valence-electron chi connectivity index (χ2n) is 10.9. The smallest absolute Gasteiger partial charge is 0.158 e. The van der Waals surface area contributed by atoms with Crippen molar-refractivity contribution in [2.24, 2.45) is 10.8 Å². The molecule has 0 spiro atoms. The van der Waals surface area contributed by atoms with Gasteiger partial charge in [0, 0.05) is 12.8 Å². The number of Topliss-reactive ketones (excluding diaryl/α,β-unsaturated/α-hetero) is 2. The highest BCUT2D eigenvalue weighted by molar-refractivity contribution is 5.97. The average molecular weight is 459 g/mol. The summed E-state index contributed by atoms with van der Waals surface area (Å²) < 4.78 is 0. The summed E-state index contributed by atoms with van der Waals surface area (Å²) in [5.41, 5.74) is 6.48. The molecule has 0 aromatic heterocycles. The zero-order chi connectivity index (χ0) is 25.5. The van der Waals surface area contributed by atoms with E-state index in [2.05, 4.69) is 78.0 Å². The molecule has 2 rings (SSSR count). The monoisotopic (exact) mass is 458 g/mol. The Hall–Kier alpha value is -2.74. The van der Waals surface area contributed by atoms with E-state index in [4.69, 9.17) is 0 Å². The number of hydrogen-bond donors (Lipinski definition) is 0. The second-order valence-corrected chi connectivity index (χ2v) is 10.9. The third kappa shape index (κ3) is 7.38.